The standard InChI is InChI=1S/C25H23N7OS/c1-17-9-8-10-18(2)24(17)26-23(33)16-31-25(34)32(19-11-4-3-5-12-19)22(28-31)15-30-21-14-7-6-13-20(21)27-29-30/h3-14H,15-16H2,1-2H3,(H,26,33). The highest BCUT2D eigenvalue weighted by molar-refractivity contribution is 7.71. The number of carbonyl (C=O) groups excluding carboxylic acids is 1. The largest absolute Gasteiger partial charge is 0.324 e. The molecule has 1 N–H and O–H groups in total. The van der Waals surface area contributed by atoms with Crippen molar-refractivity contribution in [3.63, 3.8) is 0 Å². The monoisotopic (exact) mass is 469 g/mol. The van der Waals surface area contributed by atoms with E-state index in [1.807, 2.05) is 91.2 Å². The van der Waals surface area contributed by atoms with Crippen LogP contribution in [-0.4, -0.2) is 35.2 Å². The maximum Gasteiger partial charge on any atom is 0.246 e. The minimum Gasteiger partial charge on any atom is -0.324 e. The van der Waals surface area contributed by atoms with E-state index in [2.05, 4.69) is 15.6 Å². The Morgan fingerprint density at radius 2 is 1.62 bits per heavy atom. The van der Waals surface area contributed by atoms with E-state index < -0.39 is 0 Å². The lowest BCUT2D eigenvalue weighted by Gasteiger charge is -2.11. The van der Waals surface area contributed by atoms with E-state index in [1.165, 1.54) is 0 Å². The van der Waals surface area contributed by atoms with Crippen LogP contribution in [0.4, 0.5) is 5.69 Å². The first kappa shape index (κ1) is 21.7. The van der Waals surface area contributed by atoms with Crippen molar-refractivity contribution in [2.45, 2.75) is 26.9 Å². The molecule has 1 amide bonds. The molecule has 0 aliphatic carbocycles. The van der Waals surface area contributed by atoms with E-state index in [-0.39, 0.29) is 12.5 Å². The van der Waals surface area contributed by atoms with Crippen LogP contribution in [-0.2, 0) is 17.9 Å². The number of para-hydroxylation sites is 3. The fraction of sp³-hybridized carbons (Fsp3) is 0.160. The number of aromatic nitrogens is 6. The minimum atomic E-state index is -0.191. The molecule has 0 aliphatic rings. The van der Waals surface area contributed by atoms with Crippen molar-refractivity contribution < 1.29 is 4.79 Å². The molecule has 5 rings (SSSR count). The molecule has 9 heteroatoms. The first-order chi connectivity index (χ1) is 16.5. The lowest BCUT2D eigenvalue weighted by atomic mass is 10.1. The van der Waals surface area contributed by atoms with Crippen molar-refractivity contribution in [2.24, 2.45) is 0 Å². The Balaban J connectivity index is 1.51. The summed E-state index contributed by atoms with van der Waals surface area (Å²) >= 11 is 5.76. The minimum absolute atomic E-state index is 0.00243. The molecule has 0 spiro atoms. The first-order valence-electron chi connectivity index (χ1n) is 10.9. The molecule has 0 saturated carbocycles. The van der Waals surface area contributed by atoms with Gasteiger partial charge in [0.1, 0.15) is 18.6 Å². The summed E-state index contributed by atoms with van der Waals surface area (Å²) in [6, 6.07) is 23.4. The van der Waals surface area contributed by atoms with E-state index in [0.717, 1.165) is 33.5 Å². The average Bonchev–Trinajstić information content (AvgIpc) is 3.38. The van der Waals surface area contributed by atoms with Crippen molar-refractivity contribution in [1.82, 2.24) is 29.3 Å². The predicted molar refractivity (Wildman–Crippen MR) is 134 cm³/mol. The summed E-state index contributed by atoms with van der Waals surface area (Å²) in [5, 5.41) is 16.3. The molecule has 0 fully saturated rings. The Morgan fingerprint density at radius 3 is 2.38 bits per heavy atom. The fourth-order valence-electron chi connectivity index (χ4n) is 3.99. The van der Waals surface area contributed by atoms with Crippen molar-refractivity contribution >= 4 is 34.8 Å². The van der Waals surface area contributed by atoms with Gasteiger partial charge in [0.15, 0.2) is 5.82 Å². The zero-order chi connectivity index (χ0) is 23.7. The number of rotatable bonds is 6. The van der Waals surface area contributed by atoms with Gasteiger partial charge < -0.3 is 5.32 Å². The molecule has 0 saturated heterocycles. The maximum atomic E-state index is 12.9. The lowest BCUT2D eigenvalue weighted by Crippen LogP contribution is -2.21. The van der Waals surface area contributed by atoms with Crippen LogP contribution in [0.3, 0.4) is 0 Å². The number of hydrogen-bond acceptors (Lipinski definition) is 5. The number of nitrogens with zero attached hydrogens (tertiary/aromatic N) is 6. The average molecular weight is 470 g/mol. The van der Waals surface area contributed by atoms with E-state index in [0.29, 0.717) is 17.1 Å². The summed E-state index contributed by atoms with van der Waals surface area (Å²) in [5.41, 5.74) is 5.40. The van der Waals surface area contributed by atoms with Gasteiger partial charge in [-0.15, -0.1) is 5.10 Å². The van der Waals surface area contributed by atoms with Crippen LogP contribution in [0.1, 0.15) is 17.0 Å². The third-order valence-electron chi connectivity index (χ3n) is 5.67. The molecule has 0 aliphatic heterocycles. The van der Waals surface area contributed by atoms with Gasteiger partial charge in [0.25, 0.3) is 0 Å². The van der Waals surface area contributed by atoms with Gasteiger partial charge in [0.05, 0.1) is 5.52 Å². The number of aryl methyl sites for hydroxylation is 2. The Kier molecular flexibility index (Phi) is 5.77. The molecule has 34 heavy (non-hydrogen) atoms. The maximum absolute atomic E-state index is 12.9. The van der Waals surface area contributed by atoms with Gasteiger partial charge in [-0.3, -0.25) is 9.36 Å². The topological polar surface area (TPSA) is 82.6 Å². The van der Waals surface area contributed by atoms with Crippen molar-refractivity contribution in [1.29, 1.82) is 0 Å². The van der Waals surface area contributed by atoms with Gasteiger partial charge in [-0.25, -0.2) is 9.36 Å². The molecular weight excluding hydrogens is 446 g/mol. The van der Waals surface area contributed by atoms with E-state index in [4.69, 9.17) is 17.3 Å². The normalized spacial score (nSPS) is 11.1. The molecule has 5 aromatic rings. The number of amides is 1. The van der Waals surface area contributed by atoms with Crippen molar-refractivity contribution in [3.8, 4) is 5.69 Å². The van der Waals surface area contributed by atoms with Crippen LogP contribution >= 0.6 is 12.2 Å². The number of anilines is 1. The van der Waals surface area contributed by atoms with Crippen LogP contribution in [0.2, 0.25) is 0 Å². The second kappa shape index (κ2) is 9.03. The fourth-order valence-corrected chi connectivity index (χ4v) is 4.31. The summed E-state index contributed by atoms with van der Waals surface area (Å²) < 4.78 is 5.65. The predicted octanol–water partition coefficient (Wildman–Crippen LogP) is 4.45. The number of nitrogens with one attached hydrogen (secondary N) is 1. The molecule has 8 nitrogen and oxygen atoms in total. The quantitative estimate of drug-likeness (QED) is 0.372. The third-order valence-corrected chi connectivity index (χ3v) is 6.06. The highest BCUT2D eigenvalue weighted by Gasteiger charge is 2.17. The second-order valence-corrected chi connectivity index (χ2v) is 8.44. The lowest BCUT2D eigenvalue weighted by molar-refractivity contribution is -0.116. The SMILES string of the molecule is Cc1cccc(C)c1NC(=O)Cn1nc(Cn2nnc3ccccc32)n(-c2ccccc2)c1=S. The molecule has 0 unspecified atom stereocenters. The van der Waals surface area contributed by atoms with Crippen molar-refractivity contribution in [2.75, 3.05) is 5.32 Å². The summed E-state index contributed by atoms with van der Waals surface area (Å²) in [6.45, 7) is 4.29. The number of benzene rings is 3. The molecule has 0 bridgehead atoms. The Labute approximate surface area is 201 Å². The van der Waals surface area contributed by atoms with Gasteiger partial charge in [0.2, 0.25) is 10.7 Å². The Morgan fingerprint density at radius 1 is 0.912 bits per heavy atom. The van der Waals surface area contributed by atoms with Crippen LogP contribution in [0.5, 0.6) is 0 Å². The van der Waals surface area contributed by atoms with Gasteiger partial charge in [0, 0.05) is 11.4 Å². The molecule has 0 atom stereocenters. The van der Waals surface area contributed by atoms with Crippen molar-refractivity contribution in [3.05, 3.63) is 94.5 Å². The Bertz CT molecular complexity index is 1530. The van der Waals surface area contributed by atoms with E-state index >= 15 is 0 Å². The summed E-state index contributed by atoms with van der Waals surface area (Å²) in [6.07, 6.45) is 0. The smallest absolute Gasteiger partial charge is 0.246 e. The summed E-state index contributed by atoms with van der Waals surface area (Å²) in [7, 11) is 0. The van der Waals surface area contributed by atoms with Gasteiger partial charge >= 0.3 is 0 Å². The van der Waals surface area contributed by atoms with Gasteiger partial charge in [-0.2, -0.15) is 5.10 Å². The van der Waals surface area contributed by atoms with E-state index in [9.17, 15) is 4.79 Å². The zero-order valence-corrected chi connectivity index (χ0v) is 19.7. The summed E-state index contributed by atoms with van der Waals surface area (Å²) in [4.78, 5) is 12.9. The van der Waals surface area contributed by atoms with Crippen LogP contribution in [0.25, 0.3) is 16.7 Å². The molecule has 0 radical (unpaired) electrons. The molecule has 3 aromatic carbocycles. The third kappa shape index (κ3) is 4.13. The highest BCUT2D eigenvalue weighted by Crippen LogP contribution is 2.20. The molecular formula is C25H23N7OS. The summed E-state index contributed by atoms with van der Waals surface area (Å²) in [5.74, 6) is 0.468. The molecule has 2 heterocycles. The van der Waals surface area contributed by atoms with E-state index in [1.54, 1.807) is 9.36 Å². The molecule has 2 aromatic heterocycles. The number of hydrogen-bond donors (Lipinski definition) is 1. The van der Waals surface area contributed by atoms with Crippen LogP contribution < -0.4 is 5.32 Å². The zero-order valence-electron chi connectivity index (χ0n) is 18.8. The Hall–Kier alpha value is -4.11. The van der Waals surface area contributed by atoms with Gasteiger partial charge in [-0.05, 0) is 61.5 Å². The van der Waals surface area contributed by atoms with Crippen LogP contribution in [0.15, 0.2) is 72.8 Å². The number of carbonyl (C=O) groups is 1. The van der Waals surface area contributed by atoms with Crippen LogP contribution in [0, 0.1) is 18.6 Å². The number of fused-ring (bicyclic) bond motifs is 1. The first-order valence-corrected chi connectivity index (χ1v) is 11.3. The highest BCUT2D eigenvalue weighted by atomic mass is 32.1. The van der Waals surface area contributed by atoms with Gasteiger partial charge in [-0.1, -0.05) is 53.7 Å². The molecule has 170 valence electrons. The second-order valence-electron chi connectivity index (χ2n) is 8.08.